The number of nitrogens with one attached hydrogen (secondary N) is 1. The Labute approximate surface area is 162 Å². The zero-order valence-electron chi connectivity index (χ0n) is 15.4. The Morgan fingerprint density at radius 3 is 2.89 bits per heavy atom. The number of hydrogen-bond acceptors (Lipinski definition) is 7. The summed E-state index contributed by atoms with van der Waals surface area (Å²) in [5.41, 5.74) is 0.657. The second kappa shape index (κ2) is 7.98. The zero-order valence-corrected chi connectivity index (χ0v) is 15.4. The van der Waals surface area contributed by atoms with Crippen LogP contribution in [0, 0.1) is 0 Å². The number of carbonyl (C=O) groups is 2. The molecular formula is C18H23BN2O7. The van der Waals surface area contributed by atoms with Crippen LogP contribution in [-0.2, 0) is 16.0 Å². The second-order valence-electron chi connectivity index (χ2n) is 7.28. The number of morpholine rings is 1. The minimum absolute atomic E-state index is 0.00362. The number of rotatable bonds is 5. The first-order valence-corrected chi connectivity index (χ1v) is 9.52. The summed E-state index contributed by atoms with van der Waals surface area (Å²) in [6, 6.07) is 3.38. The van der Waals surface area contributed by atoms with Crippen molar-refractivity contribution in [3.05, 3.63) is 23.3 Å². The lowest BCUT2D eigenvalue weighted by Crippen LogP contribution is -2.57. The van der Waals surface area contributed by atoms with E-state index in [-0.39, 0.29) is 35.2 Å². The number of fused-ring (bicyclic) bond motifs is 1. The average Bonchev–Trinajstić information content (AvgIpc) is 2.64. The van der Waals surface area contributed by atoms with E-state index < -0.39 is 13.1 Å². The predicted octanol–water partition coefficient (Wildman–Crippen LogP) is -0.232. The molecule has 3 aliphatic heterocycles. The third kappa shape index (κ3) is 3.94. The van der Waals surface area contributed by atoms with Crippen molar-refractivity contribution in [3.8, 4) is 11.5 Å². The van der Waals surface area contributed by atoms with Gasteiger partial charge >= 0.3 is 13.1 Å². The molecule has 10 heteroatoms. The van der Waals surface area contributed by atoms with Crippen molar-refractivity contribution in [1.29, 1.82) is 0 Å². The molecule has 28 heavy (non-hydrogen) atoms. The molecule has 3 heterocycles. The van der Waals surface area contributed by atoms with Crippen LogP contribution in [0.2, 0.25) is 6.32 Å². The van der Waals surface area contributed by atoms with Crippen molar-refractivity contribution >= 4 is 19.0 Å². The van der Waals surface area contributed by atoms with Gasteiger partial charge < -0.3 is 34.5 Å². The molecular weight excluding hydrogens is 367 g/mol. The normalized spacial score (nSPS) is 22.1. The highest BCUT2D eigenvalue weighted by molar-refractivity contribution is 6.44. The smallest absolute Gasteiger partial charge is 0.522 e. The predicted molar refractivity (Wildman–Crippen MR) is 98.7 cm³/mol. The number of nitrogens with zero attached hydrogens (tertiary/aromatic N) is 1. The third-order valence-corrected chi connectivity index (χ3v) is 5.23. The lowest BCUT2D eigenvalue weighted by molar-refractivity contribution is -0.143. The molecule has 0 saturated carbocycles. The van der Waals surface area contributed by atoms with Gasteiger partial charge in [0.05, 0.1) is 32.2 Å². The van der Waals surface area contributed by atoms with Gasteiger partial charge in [-0.2, -0.15) is 0 Å². The van der Waals surface area contributed by atoms with Crippen LogP contribution in [0.25, 0.3) is 0 Å². The number of aryl methyl sites for hydroxylation is 1. The molecule has 1 unspecified atom stereocenters. The maximum Gasteiger partial charge on any atom is 0.522 e. The largest absolute Gasteiger partial charge is 0.535 e. The molecule has 0 spiro atoms. The van der Waals surface area contributed by atoms with Gasteiger partial charge in [-0.25, -0.2) is 4.79 Å². The van der Waals surface area contributed by atoms with Crippen LogP contribution in [0.15, 0.2) is 12.1 Å². The van der Waals surface area contributed by atoms with Gasteiger partial charge in [0, 0.05) is 13.1 Å². The third-order valence-electron chi connectivity index (χ3n) is 5.23. The summed E-state index contributed by atoms with van der Waals surface area (Å²) in [5, 5.41) is 22.5. The summed E-state index contributed by atoms with van der Waals surface area (Å²) in [7, 11) is -1.02. The van der Waals surface area contributed by atoms with E-state index in [9.17, 15) is 19.7 Å². The molecule has 3 aliphatic rings. The van der Waals surface area contributed by atoms with Crippen molar-refractivity contribution < 1.29 is 33.8 Å². The van der Waals surface area contributed by atoms with Gasteiger partial charge in [0.15, 0.2) is 0 Å². The fourth-order valence-electron chi connectivity index (χ4n) is 3.68. The molecule has 0 aromatic heterocycles. The number of likely N-dealkylation sites (tertiary alicyclic amines) is 1. The molecule has 3 N–H and O–H groups in total. The quantitative estimate of drug-likeness (QED) is 0.591. The first kappa shape index (κ1) is 19.0. The standard InChI is InChI=1S/C18H23BN2O7/c22-15(7-12-8-20-5-6-26-12)21-9-13(10-21)27-14-2-1-11-3-4-19(25)28-17(11)16(14)18(23)24/h1-2,12-13,20,25H,3-10H2,(H,23,24). The first-order valence-electron chi connectivity index (χ1n) is 9.52. The summed E-state index contributed by atoms with van der Waals surface area (Å²) in [6.07, 6.45) is 0.903. The molecule has 4 rings (SSSR count). The zero-order chi connectivity index (χ0) is 19.7. The number of amides is 1. The number of ether oxygens (including phenoxy) is 2. The van der Waals surface area contributed by atoms with Crippen molar-refractivity contribution in [2.24, 2.45) is 0 Å². The number of carbonyl (C=O) groups excluding carboxylic acids is 1. The topological polar surface area (TPSA) is 118 Å². The van der Waals surface area contributed by atoms with Crippen molar-refractivity contribution in [2.45, 2.75) is 31.4 Å². The number of carboxylic acids is 1. The minimum atomic E-state index is -1.17. The molecule has 0 radical (unpaired) electrons. The lowest BCUT2D eigenvalue weighted by atomic mass is 9.78. The van der Waals surface area contributed by atoms with Gasteiger partial charge in [0.2, 0.25) is 5.91 Å². The fourth-order valence-corrected chi connectivity index (χ4v) is 3.68. The summed E-state index contributed by atoms with van der Waals surface area (Å²) < 4.78 is 16.7. The van der Waals surface area contributed by atoms with E-state index in [0.29, 0.717) is 45.4 Å². The summed E-state index contributed by atoms with van der Waals surface area (Å²) in [4.78, 5) is 25.8. The summed E-state index contributed by atoms with van der Waals surface area (Å²) in [6.45, 7) is 2.88. The maximum atomic E-state index is 12.3. The van der Waals surface area contributed by atoms with Crippen LogP contribution in [0.3, 0.4) is 0 Å². The van der Waals surface area contributed by atoms with Crippen molar-refractivity contribution in [2.75, 3.05) is 32.8 Å². The summed E-state index contributed by atoms with van der Waals surface area (Å²) >= 11 is 0. The molecule has 0 bridgehead atoms. The van der Waals surface area contributed by atoms with Crippen LogP contribution >= 0.6 is 0 Å². The molecule has 1 aromatic carbocycles. The lowest BCUT2D eigenvalue weighted by Gasteiger charge is -2.40. The van der Waals surface area contributed by atoms with Crippen LogP contribution < -0.4 is 14.7 Å². The van der Waals surface area contributed by atoms with E-state index in [1.54, 1.807) is 17.0 Å². The highest BCUT2D eigenvalue weighted by Gasteiger charge is 2.36. The fraction of sp³-hybridized carbons (Fsp3) is 0.556. The first-order chi connectivity index (χ1) is 13.5. The summed E-state index contributed by atoms with van der Waals surface area (Å²) in [5.74, 6) is -0.811. The highest BCUT2D eigenvalue weighted by atomic mass is 16.5. The van der Waals surface area contributed by atoms with Gasteiger partial charge in [0.25, 0.3) is 0 Å². The SMILES string of the molecule is O=C(O)c1c(OC2CN(C(=O)CC3CNCCO3)C2)ccc2c1OB(O)CC2. The Balaban J connectivity index is 1.37. The van der Waals surface area contributed by atoms with Crippen molar-refractivity contribution in [1.82, 2.24) is 10.2 Å². The molecule has 2 fully saturated rings. The molecule has 1 atom stereocenters. The van der Waals surface area contributed by atoms with E-state index in [2.05, 4.69) is 5.32 Å². The van der Waals surface area contributed by atoms with Gasteiger partial charge in [-0.3, -0.25) is 4.79 Å². The van der Waals surface area contributed by atoms with Crippen LogP contribution in [-0.4, -0.2) is 79.0 Å². The monoisotopic (exact) mass is 390 g/mol. The van der Waals surface area contributed by atoms with Gasteiger partial charge in [0.1, 0.15) is 23.2 Å². The Morgan fingerprint density at radius 1 is 1.36 bits per heavy atom. The van der Waals surface area contributed by atoms with E-state index in [1.165, 1.54) is 0 Å². The molecule has 2 saturated heterocycles. The Hall–Kier alpha value is -2.30. The molecule has 1 aromatic rings. The van der Waals surface area contributed by atoms with E-state index >= 15 is 0 Å². The van der Waals surface area contributed by atoms with E-state index in [0.717, 1.165) is 12.1 Å². The second-order valence-corrected chi connectivity index (χ2v) is 7.28. The number of hydrogen-bond donors (Lipinski definition) is 3. The molecule has 1 amide bonds. The molecule has 150 valence electrons. The Morgan fingerprint density at radius 2 is 2.18 bits per heavy atom. The van der Waals surface area contributed by atoms with Gasteiger partial charge in [-0.1, -0.05) is 6.07 Å². The van der Waals surface area contributed by atoms with E-state index in [4.69, 9.17) is 14.1 Å². The van der Waals surface area contributed by atoms with E-state index in [1.807, 2.05) is 0 Å². The van der Waals surface area contributed by atoms with Gasteiger partial charge in [-0.05, 0) is 24.4 Å². The maximum absolute atomic E-state index is 12.3. The van der Waals surface area contributed by atoms with Crippen LogP contribution in [0.4, 0.5) is 0 Å². The van der Waals surface area contributed by atoms with Crippen LogP contribution in [0.5, 0.6) is 11.5 Å². The number of aromatic carboxylic acids is 1. The molecule has 9 nitrogen and oxygen atoms in total. The Bertz CT molecular complexity index is 763. The van der Waals surface area contributed by atoms with Crippen molar-refractivity contribution in [3.63, 3.8) is 0 Å². The van der Waals surface area contributed by atoms with Gasteiger partial charge in [-0.15, -0.1) is 0 Å². The molecule has 0 aliphatic carbocycles. The highest BCUT2D eigenvalue weighted by Crippen LogP contribution is 2.37. The average molecular weight is 390 g/mol. The number of benzene rings is 1. The van der Waals surface area contributed by atoms with Crippen LogP contribution in [0.1, 0.15) is 22.3 Å². The minimum Gasteiger partial charge on any atom is -0.535 e. The Kier molecular flexibility index (Phi) is 5.43. The number of carboxylic acid groups (broad SMARTS) is 1.